The Bertz CT molecular complexity index is 377. The monoisotopic (exact) mass is 280 g/mol. The molecule has 1 unspecified atom stereocenters. The zero-order valence-corrected chi connectivity index (χ0v) is 14.5. The van der Waals surface area contributed by atoms with Crippen LogP contribution in [0.25, 0.3) is 0 Å². The van der Waals surface area contributed by atoms with E-state index >= 15 is 0 Å². The van der Waals surface area contributed by atoms with Crippen molar-refractivity contribution in [1.29, 1.82) is 0 Å². The molecular formula is C19H33F. The van der Waals surface area contributed by atoms with Crippen LogP contribution >= 0.6 is 0 Å². The first-order valence-corrected chi connectivity index (χ1v) is 8.20. The molecule has 0 aliphatic carbocycles. The molecule has 0 spiro atoms. The second-order valence-electron chi connectivity index (χ2n) is 5.99. The normalized spacial score (nSPS) is 12.6. The lowest BCUT2D eigenvalue weighted by Crippen LogP contribution is -2.22. The molecule has 1 aromatic carbocycles. The number of hydrogen-bond donors (Lipinski definition) is 0. The van der Waals surface area contributed by atoms with E-state index in [0.717, 1.165) is 30.4 Å². The van der Waals surface area contributed by atoms with Crippen molar-refractivity contribution in [2.75, 3.05) is 0 Å². The van der Waals surface area contributed by atoms with Crippen molar-refractivity contribution >= 4 is 0 Å². The van der Waals surface area contributed by atoms with E-state index in [1.165, 1.54) is 6.42 Å². The van der Waals surface area contributed by atoms with Gasteiger partial charge in [0.15, 0.2) is 0 Å². The quantitative estimate of drug-likeness (QED) is 0.554. The van der Waals surface area contributed by atoms with Gasteiger partial charge in [0.1, 0.15) is 5.82 Å². The number of halogens is 1. The average molecular weight is 280 g/mol. The zero-order chi connectivity index (χ0) is 15.8. The van der Waals surface area contributed by atoms with Crippen LogP contribution < -0.4 is 0 Å². The van der Waals surface area contributed by atoms with E-state index in [9.17, 15) is 4.39 Å². The Morgan fingerprint density at radius 2 is 1.55 bits per heavy atom. The van der Waals surface area contributed by atoms with Gasteiger partial charge in [-0.3, -0.25) is 0 Å². The SMILES string of the molecule is CCC.CCC(C)c1cccc(C(C)(CC)CC)c1F. The summed E-state index contributed by atoms with van der Waals surface area (Å²) < 4.78 is 14.6. The largest absolute Gasteiger partial charge is 0.206 e. The lowest BCUT2D eigenvalue weighted by atomic mass is 9.76. The van der Waals surface area contributed by atoms with Gasteiger partial charge in [-0.15, -0.1) is 0 Å². The second-order valence-corrected chi connectivity index (χ2v) is 5.99. The van der Waals surface area contributed by atoms with E-state index < -0.39 is 0 Å². The van der Waals surface area contributed by atoms with Crippen molar-refractivity contribution in [3.8, 4) is 0 Å². The number of hydrogen-bond acceptors (Lipinski definition) is 0. The van der Waals surface area contributed by atoms with Crippen molar-refractivity contribution in [3.05, 3.63) is 35.1 Å². The van der Waals surface area contributed by atoms with E-state index in [1.54, 1.807) is 0 Å². The van der Waals surface area contributed by atoms with Crippen LogP contribution in [-0.4, -0.2) is 0 Å². The highest BCUT2D eigenvalue weighted by Crippen LogP contribution is 2.35. The van der Waals surface area contributed by atoms with Crippen LogP contribution in [0.5, 0.6) is 0 Å². The molecule has 1 rings (SSSR count). The molecule has 1 heteroatoms. The highest BCUT2D eigenvalue weighted by molar-refractivity contribution is 5.33. The van der Waals surface area contributed by atoms with Crippen LogP contribution in [0.3, 0.4) is 0 Å². The average Bonchev–Trinajstić information content (AvgIpc) is 2.46. The van der Waals surface area contributed by atoms with Gasteiger partial charge in [-0.2, -0.15) is 0 Å². The standard InChI is InChI=1S/C16H25F.C3H8/c1-6-12(4)13-10-9-11-14(15(13)17)16(5,7-2)8-3;1-3-2/h9-12H,6-8H2,1-5H3;3H2,1-2H3. The Hall–Kier alpha value is -0.850. The van der Waals surface area contributed by atoms with Crippen LogP contribution in [0.2, 0.25) is 0 Å². The molecule has 0 N–H and O–H groups in total. The fraction of sp³-hybridized carbons (Fsp3) is 0.684. The molecule has 0 radical (unpaired) electrons. The van der Waals surface area contributed by atoms with Crippen LogP contribution in [0.1, 0.15) is 91.2 Å². The summed E-state index contributed by atoms with van der Waals surface area (Å²) in [6.45, 7) is 14.9. The molecule has 116 valence electrons. The van der Waals surface area contributed by atoms with Gasteiger partial charge in [0.25, 0.3) is 0 Å². The van der Waals surface area contributed by atoms with Gasteiger partial charge >= 0.3 is 0 Å². The van der Waals surface area contributed by atoms with E-state index in [4.69, 9.17) is 0 Å². The predicted octanol–water partition coefficient (Wildman–Crippen LogP) is 6.83. The fourth-order valence-electron chi connectivity index (χ4n) is 2.25. The summed E-state index contributed by atoms with van der Waals surface area (Å²) in [7, 11) is 0. The first-order valence-electron chi connectivity index (χ1n) is 8.20. The Morgan fingerprint density at radius 3 is 1.95 bits per heavy atom. The maximum Gasteiger partial charge on any atom is 0.130 e. The lowest BCUT2D eigenvalue weighted by Gasteiger charge is -2.29. The smallest absolute Gasteiger partial charge is 0.130 e. The molecule has 0 fully saturated rings. The Kier molecular flexibility index (Phi) is 8.76. The lowest BCUT2D eigenvalue weighted by molar-refractivity contribution is 0.411. The molecule has 0 saturated heterocycles. The third kappa shape index (κ3) is 4.61. The topological polar surface area (TPSA) is 0 Å². The van der Waals surface area contributed by atoms with Gasteiger partial charge < -0.3 is 0 Å². The maximum absolute atomic E-state index is 14.6. The summed E-state index contributed by atoms with van der Waals surface area (Å²) in [5.74, 6) is 0.320. The summed E-state index contributed by atoms with van der Waals surface area (Å²) in [5.41, 5.74) is 1.73. The Labute approximate surface area is 125 Å². The van der Waals surface area contributed by atoms with E-state index in [1.807, 2.05) is 18.2 Å². The minimum Gasteiger partial charge on any atom is -0.206 e. The van der Waals surface area contributed by atoms with E-state index in [0.29, 0.717) is 5.92 Å². The predicted molar refractivity (Wildman–Crippen MR) is 89.0 cm³/mol. The zero-order valence-electron chi connectivity index (χ0n) is 14.5. The molecule has 1 aromatic rings. The van der Waals surface area contributed by atoms with E-state index in [2.05, 4.69) is 48.5 Å². The van der Waals surface area contributed by atoms with Crippen molar-refractivity contribution in [2.24, 2.45) is 0 Å². The molecule has 0 aliphatic rings. The third-order valence-electron chi connectivity index (χ3n) is 4.38. The summed E-state index contributed by atoms with van der Waals surface area (Å²) in [5, 5.41) is 0. The minimum atomic E-state index is -0.0342. The summed E-state index contributed by atoms with van der Waals surface area (Å²) in [6, 6.07) is 5.89. The molecule has 0 nitrogen and oxygen atoms in total. The third-order valence-corrected chi connectivity index (χ3v) is 4.38. The van der Waals surface area contributed by atoms with Gasteiger partial charge in [-0.1, -0.05) is 73.1 Å². The highest BCUT2D eigenvalue weighted by atomic mass is 19.1. The van der Waals surface area contributed by atoms with Gasteiger partial charge in [-0.25, -0.2) is 4.39 Å². The Balaban J connectivity index is 0.00000110. The van der Waals surface area contributed by atoms with Gasteiger partial charge in [0.2, 0.25) is 0 Å². The van der Waals surface area contributed by atoms with Crippen LogP contribution in [-0.2, 0) is 5.41 Å². The number of benzene rings is 1. The summed E-state index contributed by atoms with van der Waals surface area (Å²) in [4.78, 5) is 0. The van der Waals surface area contributed by atoms with Crippen molar-refractivity contribution < 1.29 is 4.39 Å². The van der Waals surface area contributed by atoms with Crippen LogP contribution in [0, 0.1) is 5.82 Å². The molecule has 0 aliphatic heterocycles. The molecule has 1 atom stereocenters. The molecule has 0 bridgehead atoms. The van der Waals surface area contributed by atoms with Crippen molar-refractivity contribution in [1.82, 2.24) is 0 Å². The fourth-order valence-corrected chi connectivity index (χ4v) is 2.25. The van der Waals surface area contributed by atoms with Gasteiger partial charge in [0.05, 0.1) is 0 Å². The highest BCUT2D eigenvalue weighted by Gasteiger charge is 2.27. The molecule has 0 aromatic heterocycles. The van der Waals surface area contributed by atoms with Crippen molar-refractivity contribution in [3.63, 3.8) is 0 Å². The van der Waals surface area contributed by atoms with Crippen LogP contribution in [0.4, 0.5) is 4.39 Å². The second kappa shape index (κ2) is 9.15. The van der Waals surface area contributed by atoms with Gasteiger partial charge in [0, 0.05) is 0 Å². The van der Waals surface area contributed by atoms with Crippen molar-refractivity contribution in [2.45, 2.75) is 85.5 Å². The first kappa shape index (κ1) is 19.1. The molecule has 20 heavy (non-hydrogen) atoms. The minimum absolute atomic E-state index is 0.0213. The molecule has 0 amide bonds. The van der Waals surface area contributed by atoms with E-state index in [-0.39, 0.29) is 11.2 Å². The molecule has 0 heterocycles. The summed E-state index contributed by atoms with van der Waals surface area (Å²) >= 11 is 0. The van der Waals surface area contributed by atoms with Gasteiger partial charge in [-0.05, 0) is 41.7 Å². The maximum atomic E-state index is 14.6. The molecule has 0 saturated carbocycles. The molecular weight excluding hydrogens is 247 g/mol. The number of rotatable bonds is 5. The van der Waals surface area contributed by atoms with Crippen LogP contribution in [0.15, 0.2) is 18.2 Å². The Morgan fingerprint density at radius 1 is 1.05 bits per heavy atom. The summed E-state index contributed by atoms with van der Waals surface area (Å²) in [6.07, 6.45) is 4.18. The first-order chi connectivity index (χ1) is 9.41.